The third-order valence-electron chi connectivity index (χ3n) is 3.29. The van der Waals surface area contributed by atoms with Crippen LogP contribution in [0, 0.1) is 0 Å². The van der Waals surface area contributed by atoms with Crippen LogP contribution in [-0.2, 0) is 11.2 Å². The molecular weight excluding hydrogens is 222 g/mol. The molecule has 1 aromatic carbocycles. The molecule has 2 heteroatoms. The molecule has 18 heavy (non-hydrogen) atoms. The SMILES string of the molecule is CCN(CC)CCOCCCCc1ccccc1. The first-order valence-electron chi connectivity index (χ1n) is 7.20. The van der Waals surface area contributed by atoms with E-state index in [4.69, 9.17) is 4.74 Å². The lowest BCUT2D eigenvalue weighted by Gasteiger charge is -2.17. The molecule has 0 saturated heterocycles. The van der Waals surface area contributed by atoms with Gasteiger partial charge in [0.05, 0.1) is 6.61 Å². The lowest BCUT2D eigenvalue weighted by Crippen LogP contribution is -2.27. The standard InChI is InChI=1S/C16H27NO/c1-3-17(4-2)13-15-18-14-9-8-12-16-10-6-5-7-11-16/h5-7,10-11H,3-4,8-9,12-15H2,1-2H3. The molecule has 0 fully saturated rings. The molecule has 0 amide bonds. The summed E-state index contributed by atoms with van der Waals surface area (Å²) < 4.78 is 5.66. The summed E-state index contributed by atoms with van der Waals surface area (Å²) in [6, 6.07) is 10.7. The molecule has 0 N–H and O–H groups in total. The number of unbranched alkanes of at least 4 members (excludes halogenated alkanes) is 1. The summed E-state index contributed by atoms with van der Waals surface area (Å²) in [6.45, 7) is 9.46. The number of hydrogen-bond acceptors (Lipinski definition) is 2. The number of aryl methyl sites for hydroxylation is 1. The minimum absolute atomic E-state index is 0.868. The Morgan fingerprint density at radius 3 is 2.33 bits per heavy atom. The van der Waals surface area contributed by atoms with Gasteiger partial charge in [-0.3, -0.25) is 0 Å². The Hall–Kier alpha value is -0.860. The molecule has 0 aliphatic heterocycles. The number of likely N-dealkylation sites (N-methyl/N-ethyl adjacent to an activating group) is 1. The Balaban J connectivity index is 1.93. The van der Waals surface area contributed by atoms with Gasteiger partial charge in [-0.25, -0.2) is 0 Å². The molecule has 0 saturated carbocycles. The molecule has 0 heterocycles. The van der Waals surface area contributed by atoms with E-state index in [0.29, 0.717) is 0 Å². The fourth-order valence-electron chi connectivity index (χ4n) is 2.01. The van der Waals surface area contributed by atoms with Crippen LogP contribution >= 0.6 is 0 Å². The molecule has 0 radical (unpaired) electrons. The number of nitrogens with zero attached hydrogens (tertiary/aromatic N) is 1. The maximum absolute atomic E-state index is 5.66. The van der Waals surface area contributed by atoms with Crippen LogP contribution in [0.25, 0.3) is 0 Å². The Morgan fingerprint density at radius 2 is 1.67 bits per heavy atom. The van der Waals surface area contributed by atoms with Gasteiger partial charge in [0.15, 0.2) is 0 Å². The quantitative estimate of drug-likeness (QED) is 0.590. The molecule has 1 aromatic rings. The van der Waals surface area contributed by atoms with Crippen molar-refractivity contribution in [1.29, 1.82) is 0 Å². The number of hydrogen-bond donors (Lipinski definition) is 0. The monoisotopic (exact) mass is 249 g/mol. The maximum atomic E-state index is 5.66. The van der Waals surface area contributed by atoms with E-state index in [1.807, 2.05) is 0 Å². The van der Waals surface area contributed by atoms with Gasteiger partial charge >= 0.3 is 0 Å². The molecule has 2 nitrogen and oxygen atoms in total. The Bertz CT molecular complexity index is 282. The van der Waals surface area contributed by atoms with Crippen molar-refractivity contribution in [2.24, 2.45) is 0 Å². The fourth-order valence-corrected chi connectivity index (χ4v) is 2.01. The molecule has 0 aliphatic carbocycles. The van der Waals surface area contributed by atoms with Crippen molar-refractivity contribution in [3.05, 3.63) is 35.9 Å². The summed E-state index contributed by atoms with van der Waals surface area (Å²) in [5.74, 6) is 0. The lowest BCUT2D eigenvalue weighted by molar-refractivity contribution is 0.104. The molecule has 0 aromatic heterocycles. The predicted molar refractivity (Wildman–Crippen MR) is 78.0 cm³/mol. The van der Waals surface area contributed by atoms with Crippen molar-refractivity contribution >= 4 is 0 Å². The first-order chi connectivity index (χ1) is 8.86. The minimum Gasteiger partial charge on any atom is -0.380 e. The van der Waals surface area contributed by atoms with Crippen molar-refractivity contribution in [3.8, 4) is 0 Å². The summed E-state index contributed by atoms with van der Waals surface area (Å²) >= 11 is 0. The van der Waals surface area contributed by atoms with Crippen molar-refractivity contribution in [2.45, 2.75) is 33.1 Å². The van der Waals surface area contributed by atoms with E-state index in [9.17, 15) is 0 Å². The van der Waals surface area contributed by atoms with Crippen LogP contribution in [0.15, 0.2) is 30.3 Å². The number of ether oxygens (including phenoxy) is 1. The third kappa shape index (κ3) is 6.77. The van der Waals surface area contributed by atoms with Gasteiger partial charge in [-0.05, 0) is 37.9 Å². The highest BCUT2D eigenvalue weighted by molar-refractivity contribution is 5.14. The van der Waals surface area contributed by atoms with Crippen LogP contribution in [0.2, 0.25) is 0 Å². The zero-order valence-electron chi connectivity index (χ0n) is 11.9. The van der Waals surface area contributed by atoms with Gasteiger partial charge < -0.3 is 9.64 Å². The Morgan fingerprint density at radius 1 is 0.944 bits per heavy atom. The van der Waals surface area contributed by atoms with Gasteiger partial charge in [-0.15, -0.1) is 0 Å². The van der Waals surface area contributed by atoms with Crippen molar-refractivity contribution < 1.29 is 4.74 Å². The average Bonchev–Trinajstić information content (AvgIpc) is 2.43. The zero-order valence-corrected chi connectivity index (χ0v) is 11.9. The van der Waals surface area contributed by atoms with Crippen molar-refractivity contribution in [2.75, 3.05) is 32.8 Å². The Kier molecular flexibility index (Phi) is 8.53. The minimum atomic E-state index is 0.868. The molecule has 0 unspecified atom stereocenters. The molecular formula is C16H27NO. The van der Waals surface area contributed by atoms with Crippen LogP contribution in [0.3, 0.4) is 0 Å². The van der Waals surface area contributed by atoms with Gasteiger partial charge in [-0.1, -0.05) is 44.2 Å². The van der Waals surface area contributed by atoms with Crippen LogP contribution in [0.4, 0.5) is 0 Å². The average molecular weight is 249 g/mol. The second-order valence-corrected chi connectivity index (χ2v) is 4.58. The maximum Gasteiger partial charge on any atom is 0.0593 e. The van der Waals surface area contributed by atoms with Crippen LogP contribution < -0.4 is 0 Å². The highest BCUT2D eigenvalue weighted by atomic mass is 16.5. The van der Waals surface area contributed by atoms with Crippen molar-refractivity contribution in [3.63, 3.8) is 0 Å². The Labute approximate surface area is 112 Å². The summed E-state index contributed by atoms with van der Waals surface area (Å²) in [5.41, 5.74) is 1.43. The molecule has 0 bridgehead atoms. The van der Waals surface area contributed by atoms with E-state index >= 15 is 0 Å². The molecule has 0 aliphatic rings. The first-order valence-corrected chi connectivity index (χ1v) is 7.20. The van der Waals surface area contributed by atoms with Crippen LogP contribution in [0.5, 0.6) is 0 Å². The largest absolute Gasteiger partial charge is 0.380 e. The normalized spacial score (nSPS) is 11.1. The molecule has 0 atom stereocenters. The van der Waals surface area contributed by atoms with E-state index in [1.165, 1.54) is 18.4 Å². The van der Waals surface area contributed by atoms with Gasteiger partial charge in [0.1, 0.15) is 0 Å². The molecule has 102 valence electrons. The fraction of sp³-hybridized carbons (Fsp3) is 0.625. The van der Waals surface area contributed by atoms with E-state index in [-0.39, 0.29) is 0 Å². The van der Waals surface area contributed by atoms with E-state index in [2.05, 4.69) is 49.1 Å². The van der Waals surface area contributed by atoms with Crippen LogP contribution in [0.1, 0.15) is 32.3 Å². The van der Waals surface area contributed by atoms with Crippen LogP contribution in [-0.4, -0.2) is 37.7 Å². The summed E-state index contributed by atoms with van der Waals surface area (Å²) in [6.07, 6.45) is 3.54. The second kappa shape index (κ2) is 10.1. The van der Waals surface area contributed by atoms with Gasteiger partial charge in [0.2, 0.25) is 0 Å². The van der Waals surface area contributed by atoms with Gasteiger partial charge in [0.25, 0.3) is 0 Å². The van der Waals surface area contributed by atoms with Gasteiger partial charge in [-0.2, -0.15) is 0 Å². The second-order valence-electron chi connectivity index (χ2n) is 4.58. The lowest BCUT2D eigenvalue weighted by atomic mass is 10.1. The molecule has 0 spiro atoms. The smallest absolute Gasteiger partial charge is 0.0593 e. The third-order valence-corrected chi connectivity index (χ3v) is 3.29. The van der Waals surface area contributed by atoms with Gasteiger partial charge in [0, 0.05) is 13.2 Å². The van der Waals surface area contributed by atoms with E-state index in [1.54, 1.807) is 0 Å². The van der Waals surface area contributed by atoms with Crippen molar-refractivity contribution in [1.82, 2.24) is 4.90 Å². The summed E-state index contributed by atoms with van der Waals surface area (Å²) in [4.78, 5) is 2.39. The topological polar surface area (TPSA) is 12.5 Å². The highest BCUT2D eigenvalue weighted by Crippen LogP contribution is 2.04. The summed E-state index contributed by atoms with van der Waals surface area (Å²) in [7, 11) is 0. The number of rotatable bonds is 10. The predicted octanol–water partition coefficient (Wildman–Crippen LogP) is 3.37. The summed E-state index contributed by atoms with van der Waals surface area (Å²) in [5, 5.41) is 0. The van der Waals surface area contributed by atoms with E-state index < -0.39 is 0 Å². The van der Waals surface area contributed by atoms with E-state index in [0.717, 1.165) is 39.3 Å². The highest BCUT2D eigenvalue weighted by Gasteiger charge is 1.98. The molecule has 1 rings (SSSR count). The number of benzene rings is 1. The zero-order chi connectivity index (χ0) is 13.1. The first kappa shape index (κ1) is 15.2.